The Morgan fingerprint density at radius 3 is 0.843 bits per heavy atom. The molecular weight excluding hydrogens is 1430 g/mol. The molecule has 0 unspecified atom stereocenters. The van der Waals surface area contributed by atoms with Gasteiger partial charge in [0.2, 0.25) is 0 Å². The zero-order chi connectivity index (χ0) is 78.1. The van der Waals surface area contributed by atoms with E-state index in [1.54, 1.807) is 24.3 Å². The average Bonchev–Trinajstić information content (AvgIpc) is 0.780. The monoisotopic (exact) mass is 1520 g/mol. The zero-order valence-corrected chi connectivity index (χ0v) is 61.4. The van der Waals surface area contributed by atoms with Crippen LogP contribution in [0.4, 0.5) is 0 Å². The molecule has 0 N–H and O–H groups in total. The van der Waals surface area contributed by atoms with Crippen LogP contribution in [0.25, 0.3) is 0 Å². The Kier molecular flexibility index (Phi) is 32.2. The maximum atomic E-state index is 13.4. The van der Waals surface area contributed by atoms with Crippen LogP contribution >= 0.6 is 0 Å². The first-order chi connectivity index (χ1) is 51.6. The highest BCUT2D eigenvalue weighted by Crippen LogP contribution is 2.38. The van der Waals surface area contributed by atoms with E-state index in [4.69, 9.17) is 104 Å². The van der Waals surface area contributed by atoms with Gasteiger partial charge in [-0.15, -0.1) is 0 Å². The minimum Gasteiger partial charge on any atom is -0.469 e. The summed E-state index contributed by atoms with van der Waals surface area (Å²) in [5.41, 5.74) is 3.64. The molecule has 0 bridgehead atoms. The molecule has 0 aliphatic carbocycles. The van der Waals surface area contributed by atoms with Gasteiger partial charge in [-0.3, -0.25) is 52.7 Å². The number of hydrogen-bond donors (Lipinski definition) is 0. The number of benzene rings is 4. The lowest BCUT2D eigenvalue weighted by Gasteiger charge is -2.48. The van der Waals surface area contributed by atoms with Gasteiger partial charge in [0.15, 0.2) is 80.1 Å². The first kappa shape index (κ1) is 84.2. The SMILES string of the molecule is COC(=O)Cc1ccc(CO[C@H]2O[C@H](CO[C@@H]3O[C@H](CO[C@@H]4O[C@H](CO[C@@H]5O[C@H](COC(C)=O)[C@@H](OC(C)=O)[C@H](OC(C)=O)[C@H]5OC(C)=O)[C@@H](OC(C)=O)[C@H](OC(C)=O)[C@H]4OC(C)=O)[C@@H](OC(C)=O)[C@H](OC(C)=O)[C@H]3OC(C)=O)[C@@H](OCc3ccccc3)[C@H](OCc3ccccc3)[C@H]2OCc2ccccc2)cc1. The van der Waals surface area contributed by atoms with Gasteiger partial charge >= 0.3 is 65.7 Å². The fourth-order valence-corrected chi connectivity index (χ4v) is 12.3. The largest absolute Gasteiger partial charge is 0.469 e. The molecule has 33 heteroatoms. The summed E-state index contributed by atoms with van der Waals surface area (Å²) in [5.74, 6) is -10.1. The number of carbonyl (C=O) groups excluding carboxylic acids is 11. The van der Waals surface area contributed by atoms with Crippen LogP contribution < -0.4 is 0 Å². The molecule has 4 aromatic carbocycles. The van der Waals surface area contributed by atoms with Crippen molar-refractivity contribution < 1.29 is 157 Å². The molecule has 4 fully saturated rings. The molecule has 0 radical (unpaired) electrons. The van der Waals surface area contributed by atoms with Gasteiger partial charge in [0, 0.05) is 69.2 Å². The van der Waals surface area contributed by atoms with Crippen LogP contribution in [0.1, 0.15) is 97.1 Å². The minimum absolute atomic E-state index is 0.0125. The van der Waals surface area contributed by atoms with Crippen LogP contribution in [0.3, 0.4) is 0 Å². The van der Waals surface area contributed by atoms with Gasteiger partial charge in [0.25, 0.3) is 0 Å². The molecule has 108 heavy (non-hydrogen) atoms. The van der Waals surface area contributed by atoms with E-state index >= 15 is 0 Å². The van der Waals surface area contributed by atoms with Crippen molar-refractivity contribution in [2.45, 2.75) is 225 Å². The summed E-state index contributed by atoms with van der Waals surface area (Å²) in [6.45, 7) is 7.09. The number of rotatable bonds is 34. The first-order valence-corrected chi connectivity index (χ1v) is 34.5. The number of carbonyl (C=O) groups is 11. The van der Waals surface area contributed by atoms with Gasteiger partial charge in [-0.1, -0.05) is 115 Å². The fraction of sp³-hybridized carbons (Fsp3) is 0.533. The molecule has 4 heterocycles. The maximum Gasteiger partial charge on any atom is 0.309 e. The number of esters is 11. The second-order valence-corrected chi connectivity index (χ2v) is 25.3. The zero-order valence-electron chi connectivity index (χ0n) is 61.4. The van der Waals surface area contributed by atoms with Crippen molar-refractivity contribution in [2.75, 3.05) is 33.5 Å². The lowest BCUT2D eigenvalue weighted by Crippen LogP contribution is -2.66. The highest BCUT2D eigenvalue weighted by Gasteiger charge is 2.59. The lowest BCUT2D eigenvalue weighted by atomic mass is 9.96. The van der Waals surface area contributed by atoms with Crippen LogP contribution in [0.5, 0.6) is 0 Å². The van der Waals surface area contributed by atoms with Crippen molar-refractivity contribution in [1.82, 2.24) is 0 Å². The van der Waals surface area contributed by atoms with Gasteiger partial charge in [0.05, 0.1) is 59.8 Å². The molecular formula is C75H90O33. The van der Waals surface area contributed by atoms with E-state index in [1.165, 1.54) is 7.11 Å². The summed E-state index contributed by atoms with van der Waals surface area (Å²) in [5, 5.41) is 0. The Balaban J connectivity index is 1.18. The molecule has 0 saturated carbocycles. The summed E-state index contributed by atoms with van der Waals surface area (Å²) in [7, 11) is 1.29. The predicted molar refractivity (Wildman–Crippen MR) is 361 cm³/mol. The molecule has 8 rings (SSSR count). The van der Waals surface area contributed by atoms with E-state index < -0.39 is 215 Å². The topological polar surface area (TPSA) is 391 Å². The van der Waals surface area contributed by atoms with Crippen LogP contribution in [0.2, 0.25) is 0 Å². The first-order valence-electron chi connectivity index (χ1n) is 34.5. The third kappa shape index (κ3) is 25.4. The molecule has 4 aliphatic rings. The molecule has 4 aromatic rings. The molecule has 33 nitrogen and oxygen atoms in total. The third-order valence-corrected chi connectivity index (χ3v) is 16.7. The van der Waals surface area contributed by atoms with Crippen LogP contribution in [-0.4, -0.2) is 222 Å². The summed E-state index contributed by atoms with van der Waals surface area (Å²) in [6.07, 6.45) is -32.6. The van der Waals surface area contributed by atoms with Gasteiger partial charge in [0.1, 0.15) is 49.3 Å². The van der Waals surface area contributed by atoms with Gasteiger partial charge in [-0.05, 0) is 27.8 Å². The Hall–Kier alpha value is -9.39. The highest BCUT2D eigenvalue weighted by atomic mass is 16.8. The second kappa shape index (κ2) is 41.3. The summed E-state index contributed by atoms with van der Waals surface area (Å²) < 4.78 is 135. The Bertz CT molecular complexity index is 3630. The summed E-state index contributed by atoms with van der Waals surface area (Å²) in [6, 6.07) is 34.8. The van der Waals surface area contributed by atoms with E-state index in [2.05, 4.69) is 0 Å². The fourth-order valence-electron chi connectivity index (χ4n) is 12.3. The predicted octanol–water partition coefficient (Wildman–Crippen LogP) is 4.57. The molecule has 4 saturated heterocycles. The van der Waals surface area contributed by atoms with E-state index in [1.807, 2.05) is 91.0 Å². The Morgan fingerprint density at radius 2 is 0.519 bits per heavy atom. The van der Waals surface area contributed by atoms with Crippen LogP contribution in [-0.2, 0) is 190 Å². The molecule has 0 amide bonds. The van der Waals surface area contributed by atoms with Crippen molar-refractivity contribution >= 4 is 65.7 Å². The van der Waals surface area contributed by atoms with E-state index in [0.717, 1.165) is 85.9 Å². The van der Waals surface area contributed by atoms with Gasteiger partial charge in [-0.2, -0.15) is 0 Å². The van der Waals surface area contributed by atoms with Gasteiger partial charge < -0.3 is 104 Å². The molecule has 0 spiro atoms. The quantitative estimate of drug-likeness (QED) is 0.0456. The van der Waals surface area contributed by atoms with Crippen molar-refractivity contribution in [3.63, 3.8) is 0 Å². The Labute approximate surface area is 621 Å². The van der Waals surface area contributed by atoms with Gasteiger partial charge in [-0.25, -0.2) is 0 Å². The molecule has 588 valence electrons. The molecule has 4 aliphatic heterocycles. The summed E-state index contributed by atoms with van der Waals surface area (Å²) >= 11 is 0. The molecule has 20 atom stereocenters. The summed E-state index contributed by atoms with van der Waals surface area (Å²) in [4.78, 5) is 142. The Morgan fingerprint density at radius 1 is 0.259 bits per heavy atom. The molecule has 0 aromatic heterocycles. The number of methoxy groups -OCH3 is 1. The van der Waals surface area contributed by atoms with Crippen molar-refractivity contribution in [3.8, 4) is 0 Å². The smallest absolute Gasteiger partial charge is 0.309 e. The lowest BCUT2D eigenvalue weighted by molar-refractivity contribution is -0.355. The van der Waals surface area contributed by atoms with Crippen molar-refractivity contribution in [2.24, 2.45) is 0 Å². The standard InChI is InChI=1S/C75H90O33/c1-40(76)88-36-56-61(96-41(2)77)65(99-44(5)80)69(102-47(8)83)74(106-56)94-38-58-63(98-43(4)79)67(101-46(7)82)71(104-49(10)85)75(108-58)95-39-57-62(97-42(3)78)66(100-45(6)81)70(103-48(9)84)73(107-57)93-37-55-60(89-32-51-21-15-12-16-22-51)64(90-33-52-23-17-13-18-24-52)68(91-34-53-25-19-14-20-26-53)72(105-55)92-35-54-29-27-50(28-30-54)31-59(86)87-11/h12-30,55-58,60-75H,31-39H2,1-11H3/t55-,56-,57-,58-,60-,61-,62-,63-,64+,65+,66+,67+,68-,69-,70-,71-,72+,73-,74-,75-/m1/s1. The van der Waals surface area contributed by atoms with Crippen molar-refractivity contribution in [1.29, 1.82) is 0 Å². The maximum absolute atomic E-state index is 13.4. The van der Waals surface area contributed by atoms with E-state index in [-0.39, 0.29) is 32.8 Å². The van der Waals surface area contributed by atoms with Crippen LogP contribution in [0.15, 0.2) is 115 Å². The third-order valence-electron chi connectivity index (χ3n) is 16.7. The number of hydrogen-bond acceptors (Lipinski definition) is 33. The van der Waals surface area contributed by atoms with Crippen LogP contribution in [0, 0.1) is 0 Å². The normalized spacial score (nSPS) is 28.1. The number of ether oxygens (including phenoxy) is 22. The van der Waals surface area contributed by atoms with E-state index in [0.29, 0.717) is 11.1 Å². The average molecular weight is 1520 g/mol. The van der Waals surface area contributed by atoms with Crippen molar-refractivity contribution in [3.05, 3.63) is 143 Å². The minimum atomic E-state index is -1.99. The highest BCUT2D eigenvalue weighted by molar-refractivity contribution is 5.73. The second-order valence-electron chi connectivity index (χ2n) is 25.3. The van der Waals surface area contributed by atoms with E-state index in [9.17, 15) is 52.7 Å².